The van der Waals surface area contributed by atoms with E-state index in [0.29, 0.717) is 32.2 Å². The van der Waals surface area contributed by atoms with Gasteiger partial charge in [-0.15, -0.1) is 0 Å². The Kier molecular flexibility index (Phi) is 37.3. The SMILES string of the molecule is CC(C)C[C@H](NC(=O)CNC(=O)[C@@H]1CCCN1C(=O)[C@H](CC(C)C)NC(=O)[C@@H]1CCCN1C(=O)[C@H](C)NC(=O)[C@H](CCC(=O)O)NC(=O)[C@H](C)NC(=O)[C@H](CCCN=C(N)N)NC(=O)[C@H](CCCN=C(N)N)NC(=O)[C@H](CC(C)C)NC(=O)[C@@H](N)Cc1c[nH]c2ccccc12)C(=O)N[C@@H](CCCCN)C(=O)O. The van der Waals surface area contributed by atoms with E-state index in [0.717, 1.165) is 16.5 Å². The molecule has 0 bridgehead atoms. The Morgan fingerprint density at radius 3 is 1.50 bits per heavy atom. The van der Waals surface area contributed by atoms with Crippen molar-refractivity contribution in [1.82, 2.24) is 68.0 Å². The number of amides is 12. The molecule has 12 amide bonds. The van der Waals surface area contributed by atoms with Gasteiger partial charge >= 0.3 is 11.9 Å². The Hall–Kier alpha value is -10.2. The fourth-order valence-corrected chi connectivity index (χ4v) is 12.6. The number of guanidine groups is 2. The molecule has 2 aromatic rings. The van der Waals surface area contributed by atoms with Crippen molar-refractivity contribution in [2.45, 2.75) is 237 Å². The molecule has 4 rings (SSSR count). The smallest absolute Gasteiger partial charge is 0.326 e. The van der Waals surface area contributed by atoms with Gasteiger partial charge in [-0.3, -0.25) is 72.3 Å². The summed E-state index contributed by atoms with van der Waals surface area (Å²) in [5.41, 5.74) is 35.8. The molecule has 0 radical (unpaired) electrons. The lowest BCUT2D eigenvalue weighted by atomic mass is 10.0. The molecule has 107 heavy (non-hydrogen) atoms. The normalized spacial score (nSPS) is 16.9. The summed E-state index contributed by atoms with van der Waals surface area (Å²) in [6.45, 7) is 13.4. The Morgan fingerprint density at radius 2 is 0.972 bits per heavy atom. The molecule has 1 aromatic carbocycles. The summed E-state index contributed by atoms with van der Waals surface area (Å²) in [4.78, 5) is 205. The molecule has 37 nitrogen and oxygen atoms in total. The number of H-pyrrole nitrogens is 1. The number of carboxylic acid groups (broad SMARTS) is 2. The maximum Gasteiger partial charge on any atom is 0.326 e. The van der Waals surface area contributed by atoms with Crippen LogP contribution in [0.15, 0.2) is 40.4 Å². The number of hydrogen-bond donors (Lipinski definition) is 19. The summed E-state index contributed by atoms with van der Waals surface area (Å²) in [5, 5.41) is 46.3. The number of aromatic nitrogens is 1. The highest BCUT2D eigenvalue weighted by Gasteiger charge is 2.43. The van der Waals surface area contributed by atoms with Crippen LogP contribution in [0.5, 0.6) is 0 Å². The molecule has 1 aromatic heterocycles. The molecule has 596 valence electrons. The number of nitrogens with zero attached hydrogens (tertiary/aromatic N) is 4. The van der Waals surface area contributed by atoms with Crippen LogP contribution in [0.25, 0.3) is 10.9 Å². The topological polar surface area (TPSA) is 603 Å². The number of fused-ring (bicyclic) bond motifs is 1. The number of nitrogens with one attached hydrogen (secondary N) is 11. The number of carbonyl (C=O) groups excluding carboxylic acids is 12. The lowest BCUT2D eigenvalue weighted by Crippen LogP contribution is -2.60. The van der Waals surface area contributed by atoms with Gasteiger partial charge in [-0.25, -0.2) is 4.79 Å². The predicted molar refractivity (Wildman–Crippen MR) is 397 cm³/mol. The van der Waals surface area contributed by atoms with Crippen molar-refractivity contribution < 1.29 is 77.3 Å². The van der Waals surface area contributed by atoms with Crippen LogP contribution in [0.4, 0.5) is 0 Å². The van der Waals surface area contributed by atoms with Crippen LogP contribution in [0.1, 0.15) is 164 Å². The zero-order valence-electron chi connectivity index (χ0n) is 62.7. The third kappa shape index (κ3) is 30.3. The number of aliphatic carboxylic acids is 2. The Balaban J connectivity index is 1.44. The van der Waals surface area contributed by atoms with Crippen molar-refractivity contribution >= 4 is 106 Å². The number of nitrogens with two attached hydrogens (primary N) is 6. The molecule has 2 aliphatic heterocycles. The zero-order valence-corrected chi connectivity index (χ0v) is 62.7. The van der Waals surface area contributed by atoms with Crippen molar-refractivity contribution in [3.05, 3.63) is 36.0 Å². The van der Waals surface area contributed by atoms with Gasteiger partial charge in [0, 0.05) is 49.7 Å². The number of benzene rings is 1. The first kappa shape index (κ1) is 89.2. The number of unbranched alkanes of at least 4 members (excludes halogenated alkanes) is 1. The van der Waals surface area contributed by atoms with E-state index >= 15 is 0 Å². The highest BCUT2D eigenvalue weighted by atomic mass is 16.4. The predicted octanol–water partition coefficient (Wildman–Crippen LogP) is -3.14. The summed E-state index contributed by atoms with van der Waals surface area (Å²) in [7, 11) is 0. The lowest BCUT2D eigenvalue weighted by Gasteiger charge is -2.32. The molecular formula is C70H115N21O16. The number of carbonyl (C=O) groups is 14. The minimum Gasteiger partial charge on any atom is -0.481 e. The standard InChI is InChI=1S/C70H115N21O16/c1-37(2)31-50(62(100)87-49(68(106)107)19-11-12-26-71)83-55(92)36-80-64(102)53-22-15-30-91(53)67(105)52(33-39(5)6)89-65(103)54-23-16-29-90(54)66(104)41(8)82-60(98)48(24-25-56(93)94)84-57(95)40(7)81-59(97)46(20-13-27-77-69(73)74)85-61(99)47(21-14-28-78-70(75)76)86-63(101)51(32-38(3)4)88-58(96)44(72)34-42-35-79-45-18-10-9-17-43(42)45/h9-10,17-18,35,37-41,44,46-54,79H,11-16,19-34,36,71-72H2,1-8H3,(H,80,102)(H,81,97)(H,82,98)(H,83,92)(H,84,95)(H,85,99)(H,86,101)(H,87,100)(H,88,96)(H,89,103)(H,93,94)(H,106,107)(H4,73,74,77)(H4,75,76,78)/t40-,41-,44-,46-,47-,48-,49-,50-,51-,52-,53-,54-/m0/s1. The number of rotatable bonds is 46. The van der Waals surface area contributed by atoms with Crippen LogP contribution in [0, 0.1) is 17.8 Å². The number of para-hydroxylation sites is 1. The second-order valence-corrected chi connectivity index (χ2v) is 28.6. The van der Waals surface area contributed by atoms with Crippen molar-refractivity contribution in [3.8, 4) is 0 Å². The lowest BCUT2D eigenvalue weighted by molar-refractivity contribution is -0.144. The Morgan fingerprint density at radius 1 is 0.514 bits per heavy atom. The molecule has 0 saturated carbocycles. The van der Waals surface area contributed by atoms with Crippen LogP contribution in [0.3, 0.4) is 0 Å². The third-order valence-electron chi connectivity index (χ3n) is 18.1. The van der Waals surface area contributed by atoms with Gasteiger partial charge in [-0.2, -0.15) is 0 Å². The summed E-state index contributed by atoms with van der Waals surface area (Å²) in [5.74, 6) is -12.8. The van der Waals surface area contributed by atoms with E-state index in [2.05, 4.69) is 68.1 Å². The molecule has 0 unspecified atom stereocenters. The summed E-state index contributed by atoms with van der Waals surface area (Å²) in [6, 6.07) is -7.84. The highest BCUT2D eigenvalue weighted by molar-refractivity contribution is 6.00. The van der Waals surface area contributed by atoms with Crippen LogP contribution in [-0.4, -0.2) is 232 Å². The molecule has 37 heteroatoms. The molecule has 0 aliphatic carbocycles. The number of aromatic amines is 1. The van der Waals surface area contributed by atoms with Gasteiger partial charge in [0.1, 0.15) is 66.5 Å². The largest absolute Gasteiger partial charge is 0.481 e. The van der Waals surface area contributed by atoms with E-state index in [4.69, 9.17) is 34.4 Å². The molecule has 2 aliphatic rings. The van der Waals surface area contributed by atoms with Crippen LogP contribution >= 0.6 is 0 Å². The van der Waals surface area contributed by atoms with E-state index in [9.17, 15) is 77.3 Å². The van der Waals surface area contributed by atoms with Gasteiger partial charge in [0.15, 0.2) is 11.9 Å². The second kappa shape index (κ2) is 44.7. The molecule has 12 atom stereocenters. The van der Waals surface area contributed by atoms with Crippen molar-refractivity contribution in [3.63, 3.8) is 0 Å². The molecule has 0 spiro atoms. The average Bonchev–Trinajstić information content (AvgIpc) is 1.65. The van der Waals surface area contributed by atoms with Crippen LogP contribution in [0.2, 0.25) is 0 Å². The van der Waals surface area contributed by atoms with Gasteiger partial charge < -0.3 is 113 Å². The first-order chi connectivity index (χ1) is 50.5. The fourth-order valence-electron chi connectivity index (χ4n) is 12.6. The van der Waals surface area contributed by atoms with E-state index in [1.165, 1.54) is 23.6 Å². The van der Waals surface area contributed by atoms with Gasteiger partial charge in [-0.1, -0.05) is 59.7 Å². The van der Waals surface area contributed by atoms with E-state index in [1.807, 2.05) is 65.8 Å². The third-order valence-corrected chi connectivity index (χ3v) is 18.1. The van der Waals surface area contributed by atoms with E-state index < -0.39 is 175 Å². The highest BCUT2D eigenvalue weighted by Crippen LogP contribution is 2.24. The number of likely N-dealkylation sites (tertiary alicyclic amines) is 2. The number of aliphatic imine (C=N–C) groups is 2. The molecule has 2 saturated heterocycles. The Bertz CT molecular complexity index is 3450. The first-order valence-corrected chi connectivity index (χ1v) is 36.7. The molecular weight excluding hydrogens is 1390 g/mol. The number of hydrogen-bond acceptors (Lipinski definition) is 18. The van der Waals surface area contributed by atoms with Crippen molar-refractivity contribution in [2.24, 2.45) is 62.1 Å². The van der Waals surface area contributed by atoms with Crippen molar-refractivity contribution in [1.29, 1.82) is 0 Å². The van der Waals surface area contributed by atoms with Gasteiger partial charge in [-0.05, 0) is 153 Å². The maximum atomic E-state index is 14.5. The van der Waals surface area contributed by atoms with E-state index in [1.54, 1.807) is 6.20 Å². The van der Waals surface area contributed by atoms with Gasteiger partial charge in [0.25, 0.3) is 0 Å². The van der Waals surface area contributed by atoms with Crippen LogP contribution < -0.4 is 87.6 Å². The first-order valence-electron chi connectivity index (χ1n) is 36.7. The monoisotopic (exact) mass is 1510 g/mol. The second-order valence-electron chi connectivity index (χ2n) is 28.6. The van der Waals surface area contributed by atoms with Crippen LogP contribution in [-0.2, 0) is 73.5 Å². The minimum atomic E-state index is -1.63. The molecule has 3 heterocycles. The Labute approximate surface area is 623 Å². The zero-order chi connectivity index (χ0) is 79.8. The van der Waals surface area contributed by atoms with Crippen molar-refractivity contribution in [2.75, 3.05) is 39.3 Å². The quantitative estimate of drug-likeness (QED) is 0.0177. The minimum absolute atomic E-state index is 0.0106. The maximum absolute atomic E-state index is 14.5. The fraction of sp³-hybridized carbons (Fsp3) is 0.657. The summed E-state index contributed by atoms with van der Waals surface area (Å²) < 4.78 is 0. The average molecular weight is 1510 g/mol. The van der Waals surface area contributed by atoms with Gasteiger partial charge in [0.2, 0.25) is 70.9 Å². The summed E-state index contributed by atoms with van der Waals surface area (Å²) in [6.07, 6.45) is 3.35. The number of carboxylic acids is 2. The van der Waals surface area contributed by atoms with E-state index in [-0.39, 0.29) is 126 Å². The molecule has 2 fully saturated rings. The van der Waals surface area contributed by atoms with Gasteiger partial charge in [0.05, 0.1) is 12.6 Å². The summed E-state index contributed by atoms with van der Waals surface area (Å²) >= 11 is 0. The molecule has 25 N–H and O–H groups in total.